The molecule has 0 aromatic heterocycles. The van der Waals surface area contributed by atoms with Crippen molar-refractivity contribution in [3.05, 3.63) is 53.6 Å². The van der Waals surface area contributed by atoms with Crippen molar-refractivity contribution < 1.29 is 22.7 Å². The van der Waals surface area contributed by atoms with Crippen LogP contribution in [0.3, 0.4) is 0 Å². The first-order valence-electron chi connectivity index (χ1n) is 11.3. The van der Waals surface area contributed by atoms with E-state index in [0.717, 1.165) is 24.8 Å². The van der Waals surface area contributed by atoms with E-state index >= 15 is 0 Å². The number of hydrogen-bond donors (Lipinski definition) is 1. The summed E-state index contributed by atoms with van der Waals surface area (Å²) < 4.78 is 39.3. The van der Waals surface area contributed by atoms with Crippen LogP contribution in [0.25, 0.3) is 0 Å². The minimum Gasteiger partial charge on any atom is -0.486 e. The number of para-hydroxylation sites is 2. The Balaban J connectivity index is 1.13. The van der Waals surface area contributed by atoms with Gasteiger partial charge in [-0.1, -0.05) is 18.2 Å². The van der Waals surface area contributed by atoms with Gasteiger partial charge in [0.2, 0.25) is 15.9 Å². The molecule has 2 aromatic carbocycles. The third kappa shape index (κ3) is 4.21. The van der Waals surface area contributed by atoms with Crippen LogP contribution in [0.1, 0.15) is 30.4 Å². The van der Waals surface area contributed by atoms with E-state index in [2.05, 4.69) is 5.32 Å². The molecule has 2 aromatic rings. The lowest BCUT2D eigenvalue weighted by molar-refractivity contribution is -0.126. The van der Waals surface area contributed by atoms with Crippen molar-refractivity contribution in [2.75, 3.05) is 26.2 Å². The van der Waals surface area contributed by atoms with Gasteiger partial charge in [-0.25, -0.2) is 8.42 Å². The SMILES string of the molecule is O=C(NC[C@H]1COc2ccccc2O1)C1CCN(S(=O)(=O)c2ccc3c(c2)CCC3)CC1. The fraction of sp³-hybridized carbons (Fsp3) is 0.458. The number of ether oxygens (including phenoxy) is 2. The average molecular weight is 457 g/mol. The van der Waals surface area contributed by atoms with Crippen LogP contribution in [0.5, 0.6) is 11.5 Å². The third-order valence-electron chi connectivity index (χ3n) is 6.60. The normalized spacial score (nSPS) is 21.2. The molecule has 0 spiro atoms. The van der Waals surface area contributed by atoms with E-state index in [1.807, 2.05) is 36.4 Å². The van der Waals surface area contributed by atoms with Gasteiger partial charge in [-0.05, 0) is 67.5 Å². The van der Waals surface area contributed by atoms with Crippen LogP contribution in [0.2, 0.25) is 0 Å². The van der Waals surface area contributed by atoms with Crippen molar-refractivity contribution in [1.29, 1.82) is 0 Å². The molecule has 1 saturated heterocycles. The maximum Gasteiger partial charge on any atom is 0.243 e. The molecule has 0 radical (unpaired) electrons. The van der Waals surface area contributed by atoms with Crippen LogP contribution in [0.4, 0.5) is 0 Å². The van der Waals surface area contributed by atoms with Gasteiger partial charge in [0, 0.05) is 19.0 Å². The van der Waals surface area contributed by atoms with Crippen LogP contribution < -0.4 is 14.8 Å². The van der Waals surface area contributed by atoms with Gasteiger partial charge in [-0.15, -0.1) is 0 Å². The third-order valence-corrected chi connectivity index (χ3v) is 8.50. The molecule has 3 aliphatic rings. The fourth-order valence-electron chi connectivity index (χ4n) is 4.74. The number of carbonyl (C=O) groups is 1. The van der Waals surface area contributed by atoms with Gasteiger partial charge in [0.15, 0.2) is 11.5 Å². The van der Waals surface area contributed by atoms with Crippen LogP contribution in [0.15, 0.2) is 47.4 Å². The topological polar surface area (TPSA) is 84.9 Å². The number of sulfonamides is 1. The number of nitrogens with zero attached hydrogens (tertiary/aromatic N) is 1. The number of amides is 1. The second kappa shape index (κ2) is 8.75. The molecule has 8 heteroatoms. The quantitative estimate of drug-likeness (QED) is 0.748. The van der Waals surface area contributed by atoms with Gasteiger partial charge in [-0.2, -0.15) is 4.31 Å². The Hall–Kier alpha value is -2.58. The molecule has 32 heavy (non-hydrogen) atoms. The molecule has 0 unspecified atom stereocenters. The number of aryl methyl sites for hydroxylation is 2. The summed E-state index contributed by atoms with van der Waals surface area (Å²) in [5, 5.41) is 2.95. The Morgan fingerprint density at radius 3 is 2.59 bits per heavy atom. The van der Waals surface area contributed by atoms with Crippen molar-refractivity contribution in [3.63, 3.8) is 0 Å². The van der Waals surface area contributed by atoms with Crippen molar-refractivity contribution in [1.82, 2.24) is 9.62 Å². The molecule has 7 nitrogen and oxygen atoms in total. The number of hydrogen-bond acceptors (Lipinski definition) is 5. The van der Waals surface area contributed by atoms with Gasteiger partial charge >= 0.3 is 0 Å². The number of carbonyl (C=O) groups excluding carboxylic acids is 1. The predicted octanol–water partition coefficient (Wildman–Crippen LogP) is 2.53. The van der Waals surface area contributed by atoms with Gasteiger partial charge in [0.25, 0.3) is 0 Å². The van der Waals surface area contributed by atoms with Gasteiger partial charge in [0.05, 0.1) is 11.4 Å². The highest BCUT2D eigenvalue weighted by atomic mass is 32.2. The van der Waals surface area contributed by atoms with E-state index in [-0.39, 0.29) is 17.9 Å². The van der Waals surface area contributed by atoms with Crippen molar-refractivity contribution in [2.24, 2.45) is 5.92 Å². The second-order valence-corrected chi connectivity index (χ2v) is 10.6. The largest absolute Gasteiger partial charge is 0.486 e. The molecule has 0 bridgehead atoms. The first kappa shape index (κ1) is 21.3. The molecule has 2 aliphatic heterocycles. The molecule has 1 fully saturated rings. The molecule has 1 amide bonds. The lowest BCUT2D eigenvalue weighted by atomic mass is 9.97. The molecular formula is C24H28N2O5S. The highest BCUT2D eigenvalue weighted by Gasteiger charge is 2.33. The van der Waals surface area contributed by atoms with Crippen LogP contribution in [-0.4, -0.2) is 51.0 Å². The molecule has 0 saturated carbocycles. The molecular weight excluding hydrogens is 428 g/mol. The Morgan fingerprint density at radius 1 is 1.03 bits per heavy atom. The Labute approximate surface area is 188 Å². The molecule has 1 N–H and O–H groups in total. The summed E-state index contributed by atoms with van der Waals surface area (Å²) in [6.45, 7) is 1.46. The molecule has 170 valence electrons. The Morgan fingerprint density at radius 2 is 1.78 bits per heavy atom. The summed E-state index contributed by atoms with van der Waals surface area (Å²) in [4.78, 5) is 13.0. The maximum atomic E-state index is 13.1. The standard InChI is InChI=1S/C24H28N2O5S/c27-24(25-15-20-16-30-22-6-1-2-7-23(22)31-20)18-10-12-26(13-11-18)32(28,29)21-9-8-17-4-3-5-19(17)14-21/h1-2,6-9,14,18,20H,3-5,10-13,15-16H2,(H,25,27)/t20-/m0/s1. The number of fused-ring (bicyclic) bond motifs is 2. The number of rotatable bonds is 5. The Kier molecular flexibility index (Phi) is 5.82. The van der Waals surface area contributed by atoms with E-state index < -0.39 is 10.0 Å². The van der Waals surface area contributed by atoms with Gasteiger partial charge < -0.3 is 14.8 Å². The second-order valence-electron chi connectivity index (χ2n) is 8.71. The number of nitrogens with one attached hydrogen (secondary N) is 1. The minimum absolute atomic E-state index is 0.0537. The summed E-state index contributed by atoms with van der Waals surface area (Å²) in [5.74, 6) is 1.15. The lowest BCUT2D eigenvalue weighted by Crippen LogP contribution is -2.46. The molecule has 1 aliphatic carbocycles. The zero-order valence-electron chi connectivity index (χ0n) is 18.0. The van der Waals surface area contributed by atoms with E-state index in [4.69, 9.17) is 9.47 Å². The summed E-state index contributed by atoms with van der Waals surface area (Å²) in [7, 11) is -3.53. The van der Waals surface area contributed by atoms with E-state index in [9.17, 15) is 13.2 Å². The number of piperidine rings is 1. The minimum atomic E-state index is -3.53. The summed E-state index contributed by atoms with van der Waals surface area (Å²) in [5.41, 5.74) is 2.41. The van der Waals surface area contributed by atoms with Crippen LogP contribution >= 0.6 is 0 Å². The van der Waals surface area contributed by atoms with E-state index in [1.54, 1.807) is 6.07 Å². The first-order chi connectivity index (χ1) is 15.5. The van der Waals surface area contributed by atoms with Crippen molar-refractivity contribution in [2.45, 2.75) is 43.1 Å². The van der Waals surface area contributed by atoms with Crippen molar-refractivity contribution >= 4 is 15.9 Å². The average Bonchev–Trinajstić information content (AvgIpc) is 3.30. The number of benzene rings is 2. The predicted molar refractivity (Wildman–Crippen MR) is 119 cm³/mol. The maximum absolute atomic E-state index is 13.1. The lowest BCUT2D eigenvalue weighted by Gasteiger charge is -2.31. The monoisotopic (exact) mass is 456 g/mol. The molecule has 5 rings (SSSR count). The van der Waals surface area contributed by atoms with Crippen LogP contribution in [-0.2, 0) is 27.7 Å². The molecule has 2 heterocycles. The van der Waals surface area contributed by atoms with E-state index in [1.165, 1.54) is 9.87 Å². The zero-order valence-corrected chi connectivity index (χ0v) is 18.8. The van der Waals surface area contributed by atoms with Gasteiger partial charge in [-0.3, -0.25) is 4.79 Å². The van der Waals surface area contributed by atoms with Gasteiger partial charge in [0.1, 0.15) is 12.7 Å². The first-order valence-corrected chi connectivity index (χ1v) is 12.7. The summed E-state index contributed by atoms with van der Waals surface area (Å²) in [6.07, 6.45) is 3.85. The smallest absolute Gasteiger partial charge is 0.243 e. The summed E-state index contributed by atoms with van der Waals surface area (Å²) in [6, 6.07) is 13.0. The highest BCUT2D eigenvalue weighted by Crippen LogP contribution is 2.31. The highest BCUT2D eigenvalue weighted by molar-refractivity contribution is 7.89. The summed E-state index contributed by atoms with van der Waals surface area (Å²) >= 11 is 0. The van der Waals surface area contributed by atoms with E-state index in [0.29, 0.717) is 55.5 Å². The molecule has 1 atom stereocenters. The fourth-order valence-corrected chi connectivity index (χ4v) is 6.26. The Bertz CT molecular complexity index is 1110. The van der Waals surface area contributed by atoms with Crippen LogP contribution in [0, 0.1) is 5.92 Å². The zero-order chi connectivity index (χ0) is 22.1. The van der Waals surface area contributed by atoms with Crippen molar-refractivity contribution in [3.8, 4) is 11.5 Å².